The number of nitrogens with one attached hydrogen (secondary N) is 2. The predicted octanol–water partition coefficient (Wildman–Crippen LogP) is 0.822. The van der Waals surface area contributed by atoms with Crippen molar-refractivity contribution in [3.63, 3.8) is 0 Å². The van der Waals surface area contributed by atoms with E-state index in [1.807, 2.05) is 0 Å². The quantitative estimate of drug-likeness (QED) is 0.751. The van der Waals surface area contributed by atoms with Gasteiger partial charge in [-0.05, 0) is 36.4 Å². The van der Waals surface area contributed by atoms with Gasteiger partial charge in [-0.2, -0.15) is 0 Å². The lowest BCUT2D eigenvalue weighted by atomic mass is 10.1. The summed E-state index contributed by atoms with van der Waals surface area (Å²) in [7, 11) is 3.08. The van der Waals surface area contributed by atoms with E-state index in [9.17, 15) is 14.0 Å². The number of quaternary nitrogens is 1. The van der Waals surface area contributed by atoms with Crippen molar-refractivity contribution in [1.82, 2.24) is 4.90 Å². The minimum absolute atomic E-state index is 0.0748. The second-order valence-electron chi connectivity index (χ2n) is 6.85. The number of nitrogens with zero attached hydrogens (tertiary/aromatic N) is 1. The lowest BCUT2D eigenvalue weighted by Gasteiger charge is -2.32. The SMILES string of the molecule is COc1ccc(C(=O)N2CC[NH+](CC(=O)Nc3cccc(F)c3)CC2)cc1OC. The van der Waals surface area contributed by atoms with E-state index in [0.29, 0.717) is 48.9 Å². The number of benzene rings is 2. The molecule has 3 rings (SSSR count). The number of piperazine rings is 1. The Balaban J connectivity index is 1.52. The Kier molecular flexibility index (Phi) is 6.66. The van der Waals surface area contributed by atoms with E-state index in [4.69, 9.17) is 9.47 Å². The Hall–Kier alpha value is -3.13. The molecule has 0 aromatic heterocycles. The molecule has 0 saturated carbocycles. The first-order valence-electron chi connectivity index (χ1n) is 9.40. The lowest BCUT2D eigenvalue weighted by molar-refractivity contribution is -0.895. The van der Waals surface area contributed by atoms with Crippen LogP contribution in [0.25, 0.3) is 0 Å². The van der Waals surface area contributed by atoms with Gasteiger partial charge in [0.25, 0.3) is 11.8 Å². The number of carbonyl (C=O) groups is 2. The zero-order valence-corrected chi connectivity index (χ0v) is 16.5. The fourth-order valence-corrected chi connectivity index (χ4v) is 3.35. The highest BCUT2D eigenvalue weighted by molar-refractivity contribution is 5.95. The molecule has 1 aliphatic rings. The fraction of sp³-hybridized carbons (Fsp3) is 0.333. The summed E-state index contributed by atoms with van der Waals surface area (Å²) in [6.45, 7) is 2.70. The smallest absolute Gasteiger partial charge is 0.279 e. The number of halogens is 1. The maximum atomic E-state index is 13.2. The zero-order chi connectivity index (χ0) is 20.8. The highest BCUT2D eigenvalue weighted by atomic mass is 19.1. The first-order valence-corrected chi connectivity index (χ1v) is 9.40. The van der Waals surface area contributed by atoms with E-state index >= 15 is 0 Å². The maximum Gasteiger partial charge on any atom is 0.279 e. The summed E-state index contributed by atoms with van der Waals surface area (Å²) in [4.78, 5) is 27.8. The van der Waals surface area contributed by atoms with Crippen molar-refractivity contribution in [3.05, 3.63) is 53.8 Å². The van der Waals surface area contributed by atoms with Gasteiger partial charge >= 0.3 is 0 Å². The van der Waals surface area contributed by atoms with Crippen molar-refractivity contribution in [3.8, 4) is 11.5 Å². The number of carbonyl (C=O) groups excluding carboxylic acids is 2. The number of amides is 2. The molecular weight excluding hydrogens is 377 g/mol. The van der Waals surface area contributed by atoms with E-state index in [-0.39, 0.29) is 18.4 Å². The van der Waals surface area contributed by atoms with E-state index in [2.05, 4.69) is 5.32 Å². The number of anilines is 1. The van der Waals surface area contributed by atoms with Crippen molar-refractivity contribution in [2.24, 2.45) is 0 Å². The number of rotatable bonds is 6. The number of ether oxygens (including phenoxy) is 2. The second-order valence-corrected chi connectivity index (χ2v) is 6.85. The van der Waals surface area contributed by atoms with Gasteiger partial charge < -0.3 is 24.6 Å². The second kappa shape index (κ2) is 9.38. The molecule has 0 bridgehead atoms. The molecule has 0 spiro atoms. The summed E-state index contributed by atoms with van der Waals surface area (Å²) in [5.41, 5.74) is 0.978. The standard InChI is InChI=1S/C21H24FN3O4/c1-28-18-7-6-15(12-19(18)29-2)21(27)25-10-8-24(9-11-25)14-20(26)23-17-5-3-4-16(22)13-17/h3-7,12-13H,8-11,14H2,1-2H3,(H,23,26)/p+1. The molecule has 2 aromatic carbocycles. The van der Waals surface area contributed by atoms with Crippen LogP contribution < -0.4 is 19.7 Å². The summed E-state index contributed by atoms with van der Waals surface area (Å²) in [6, 6.07) is 10.9. The topological polar surface area (TPSA) is 72.3 Å². The third-order valence-corrected chi connectivity index (χ3v) is 4.91. The Bertz CT molecular complexity index is 882. The number of hydrogen-bond donors (Lipinski definition) is 2. The third kappa shape index (κ3) is 5.23. The van der Waals surface area contributed by atoms with Gasteiger partial charge in [0.05, 0.1) is 40.4 Å². The van der Waals surface area contributed by atoms with Gasteiger partial charge in [0, 0.05) is 11.3 Å². The van der Waals surface area contributed by atoms with Crippen LogP contribution in [0, 0.1) is 5.82 Å². The van der Waals surface area contributed by atoms with Gasteiger partial charge in [0.2, 0.25) is 0 Å². The van der Waals surface area contributed by atoms with E-state index in [1.54, 1.807) is 42.3 Å². The van der Waals surface area contributed by atoms with Crippen LogP contribution in [0.5, 0.6) is 11.5 Å². The van der Waals surface area contributed by atoms with E-state index < -0.39 is 5.82 Å². The molecule has 1 aliphatic heterocycles. The van der Waals surface area contributed by atoms with Gasteiger partial charge in [0.1, 0.15) is 5.82 Å². The zero-order valence-electron chi connectivity index (χ0n) is 16.5. The summed E-state index contributed by atoms with van der Waals surface area (Å²) in [5.74, 6) is 0.441. The van der Waals surface area contributed by atoms with Gasteiger partial charge in [0.15, 0.2) is 18.0 Å². The van der Waals surface area contributed by atoms with Gasteiger partial charge in [-0.3, -0.25) is 9.59 Å². The molecule has 0 atom stereocenters. The van der Waals surface area contributed by atoms with E-state index in [1.165, 1.54) is 19.2 Å². The lowest BCUT2D eigenvalue weighted by Crippen LogP contribution is -3.15. The third-order valence-electron chi connectivity index (χ3n) is 4.91. The average molecular weight is 402 g/mol. The summed E-state index contributed by atoms with van der Waals surface area (Å²) >= 11 is 0. The molecular formula is C21H25FN3O4+. The summed E-state index contributed by atoms with van der Waals surface area (Å²) < 4.78 is 23.7. The van der Waals surface area contributed by atoms with Crippen molar-refractivity contribution in [2.75, 3.05) is 52.3 Å². The molecule has 7 nitrogen and oxygen atoms in total. The molecule has 1 fully saturated rings. The summed E-state index contributed by atoms with van der Waals surface area (Å²) in [5, 5.41) is 2.71. The van der Waals surface area contributed by atoms with Crippen LogP contribution in [0.2, 0.25) is 0 Å². The van der Waals surface area contributed by atoms with Crippen molar-refractivity contribution < 1.29 is 28.4 Å². The van der Waals surface area contributed by atoms with Crippen LogP contribution in [0.1, 0.15) is 10.4 Å². The molecule has 2 N–H and O–H groups in total. The fourth-order valence-electron chi connectivity index (χ4n) is 3.35. The monoisotopic (exact) mass is 402 g/mol. The Labute approximate surface area is 169 Å². The van der Waals surface area contributed by atoms with Crippen LogP contribution >= 0.6 is 0 Å². The van der Waals surface area contributed by atoms with Crippen LogP contribution in [0.4, 0.5) is 10.1 Å². The highest BCUT2D eigenvalue weighted by Gasteiger charge is 2.26. The van der Waals surface area contributed by atoms with Crippen LogP contribution in [-0.2, 0) is 4.79 Å². The molecule has 8 heteroatoms. The molecule has 1 heterocycles. The van der Waals surface area contributed by atoms with E-state index in [0.717, 1.165) is 4.90 Å². The highest BCUT2D eigenvalue weighted by Crippen LogP contribution is 2.28. The number of hydrogen-bond acceptors (Lipinski definition) is 4. The first kappa shape index (κ1) is 20.6. The van der Waals surface area contributed by atoms with Gasteiger partial charge in [-0.15, -0.1) is 0 Å². The predicted molar refractivity (Wildman–Crippen MR) is 106 cm³/mol. The maximum absolute atomic E-state index is 13.2. The molecule has 0 radical (unpaired) electrons. The van der Waals surface area contributed by atoms with Crippen molar-refractivity contribution >= 4 is 17.5 Å². The molecule has 1 saturated heterocycles. The van der Waals surface area contributed by atoms with Crippen molar-refractivity contribution in [2.45, 2.75) is 0 Å². The minimum Gasteiger partial charge on any atom is -0.493 e. The molecule has 2 aromatic rings. The molecule has 0 unspecified atom stereocenters. The Morgan fingerprint density at radius 2 is 1.79 bits per heavy atom. The van der Waals surface area contributed by atoms with Crippen LogP contribution in [0.15, 0.2) is 42.5 Å². The average Bonchev–Trinajstić information content (AvgIpc) is 2.73. The minimum atomic E-state index is -0.391. The molecule has 2 amide bonds. The molecule has 29 heavy (non-hydrogen) atoms. The Morgan fingerprint density at radius 1 is 1.07 bits per heavy atom. The normalized spacial score (nSPS) is 14.4. The van der Waals surface area contributed by atoms with Gasteiger partial charge in [-0.1, -0.05) is 6.07 Å². The van der Waals surface area contributed by atoms with Crippen LogP contribution in [-0.4, -0.2) is 63.7 Å². The first-order chi connectivity index (χ1) is 14.0. The largest absolute Gasteiger partial charge is 0.493 e. The Morgan fingerprint density at radius 3 is 2.45 bits per heavy atom. The van der Waals surface area contributed by atoms with Gasteiger partial charge in [-0.25, -0.2) is 4.39 Å². The van der Waals surface area contributed by atoms with Crippen LogP contribution in [0.3, 0.4) is 0 Å². The molecule has 0 aliphatic carbocycles. The number of methoxy groups -OCH3 is 2. The summed E-state index contributed by atoms with van der Waals surface area (Å²) in [6.07, 6.45) is 0. The van der Waals surface area contributed by atoms with Crippen molar-refractivity contribution in [1.29, 1.82) is 0 Å². The molecule has 154 valence electrons.